The lowest BCUT2D eigenvalue weighted by Gasteiger charge is -2.35. The number of hydrogen-bond donors (Lipinski definition) is 0. The molecule has 0 bridgehead atoms. The van der Waals surface area contributed by atoms with Crippen molar-refractivity contribution in [3.05, 3.63) is 47.7 Å². The number of rotatable bonds is 4. The van der Waals surface area contributed by atoms with Crippen molar-refractivity contribution in [3.8, 4) is 0 Å². The third kappa shape index (κ3) is 6.28. The molecule has 2 heterocycles. The Hall–Kier alpha value is -2.01. The Balaban J connectivity index is 1.40. The van der Waals surface area contributed by atoms with Gasteiger partial charge in [0.05, 0.1) is 5.76 Å². The number of carbonyl (C=O) groups excluding carboxylic acids is 1. The van der Waals surface area contributed by atoms with Crippen molar-refractivity contribution < 1.29 is 14.3 Å². The standard InChI is InChI=1S/C22H32N2O3/c1-22(2,3)27-21(25)24-15-11-20(12-16-24)26-19-9-13-23(14-10-19)17-18-7-5-4-6-8-18/h4-9,20H,10-17H2,1-3H3. The summed E-state index contributed by atoms with van der Waals surface area (Å²) in [7, 11) is 0. The Labute approximate surface area is 162 Å². The SMILES string of the molecule is CC(C)(C)OC(=O)N1CCC(OC2=CCN(Cc3ccccc3)CC2)CC1. The molecule has 2 aliphatic heterocycles. The highest BCUT2D eigenvalue weighted by Gasteiger charge is 2.28. The van der Waals surface area contributed by atoms with E-state index in [1.54, 1.807) is 4.90 Å². The average Bonchev–Trinajstić information content (AvgIpc) is 2.63. The van der Waals surface area contributed by atoms with Crippen molar-refractivity contribution in [2.45, 2.75) is 58.3 Å². The van der Waals surface area contributed by atoms with Gasteiger partial charge in [-0.15, -0.1) is 0 Å². The molecule has 0 aliphatic carbocycles. The number of piperidine rings is 1. The van der Waals surface area contributed by atoms with Gasteiger partial charge in [0.1, 0.15) is 11.7 Å². The molecule has 1 aromatic carbocycles. The molecule has 1 saturated heterocycles. The summed E-state index contributed by atoms with van der Waals surface area (Å²) < 4.78 is 11.7. The fourth-order valence-electron chi connectivity index (χ4n) is 3.48. The average molecular weight is 373 g/mol. The van der Waals surface area contributed by atoms with Crippen molar-refractivity contribution in [2.24, 2.45) is 0 Å². The fraction of sp³-hybridized carbons (Fsp3) is 0.591. The monoisotopic (exact) mass is 372 g/mol. The van der Waals surface area contributed by atoms with E-state index in [0.29, 0.717) is 13.1 Å². The highest BCUT2D eigenvalue weighted by molar-refractivity contribution is 5.68. The van der Waals surface area contributed by atoms with E-state index >= 15 is 0 Å². The first-order valence-corrected chi connectivity index (χ1v) is 9.99. The summed E-state index contributed by atoms with van der Waals surface area (Å²) >= 11 is 0. The van der Waals surface area contributed by atoms with Crippen molar-refractivity contribution in [1.29, 1.82) is 0 Å². The number of likely N-dealkylation sites (tertiary alicyclic amines) is 1. The molecule has 3 rings (SSSR count). The Kier molecular flexibility index (Phi) is 6.42. The second-order valence-corrected chi connectivity index (χ2v) is 8.43. The Morgan fingerprint density at radius 2 is 1.81 bits per heavy atom. The molecule has 0 saturated carbocycles. The van der Waals surface area contributed by atoms with E-state index in [4.69, 9.17) is 9.47 Å². The van der Waals surface area contributed by atoms with Gasteiger partial charge in [0.25, 0.3) is 0 Å². The zero-order valence-corrected chi connectivity index (χ0v) is 16.8. The van der Waals surface area contributed by atoms with Crippen LogP contribution in [0.3, 0.4) is 0 Å². The first-order chi connectivity index (χ1) is 12.9. The topological polar surface area (TPSA) is 42.0 Å². The zero-order valence-electron chi connectivity index (χ0n) is 16.8. The minimum Gasteiger partial charge on any atom is -0.495 e. The summed E-state index contributed by atoms with van der Waals surface area (Å²) in [6.45, 7) is 10.0. The molecule has 5 nitrogen and oxygen atoms in total. The third-order valence-electron chi connectivity index (χ3n) is 4.91. The van der Waals surface area contributed by atoms with Crippen LogP contribution in [0.4, 0.5) is 4.79 Å². The first kappa shape index (κ1) is 19.7. The molecule has 2 aliphatic rings. The third-order valence-corrected chi connectivity index (χ3v) is 4.91. The number of benzene rings is 1. The summed E-state index contributed by atoms with van der Waals surface area (Å²) in [6, 6.07) is 10.6. The largest absolute Gasteiger partial charge is 0.495 e. The lowest BCUT2D eigenvalue weighted by molar-refractivity contribution is 0.00215. The number of carbonyl (C=O) groups is 1. The molecule has 148 valence electrons. The van der Waals surface area contributed by atoms with Crippen LogP contribution < -0.4 is 0 Å². The first-order valence-electron chi connectivity index (χ1n) is 9.99. The van der Waals surface area contributed by atoms with E-state index < -0.39 is 5.60 Å². The van der Waals surface area contributed by atoms with Gasteiger partial charge < -0.3 is 14.4 Å². The summed E-state index contributed by atoms with van der Waals surface area (Å²) in [4.78, 5) is 16.4. The summed E-state index contributed by atoms with van der Waals surface area (Å²) in [5, 5.41) is 0. The van der Waals surface area contributed by atoms with Gasteiger partial charge in [-0.1, -0.05) is 30.3 Å². The molecule has 1 fully saturated rings. The van der Waals surface area contributed by atoms with Crippen LogP contribution in [-0.4, -0.2) is 53.8 Å². The van der Waals surface area contributed by atoms with Crippen LogP contribution in [-0.2, 0) is 16.0 Å². The highest BCUT2D eigenvalue weighted by Crippen LogP contribution is 2.22. The molecule has 0 radical (unpaired) electrons. The van der Waals surface area contributed by atoms with Crippen molar-refractivity contribution in [1.82, 2.24) is 9.80 Å². The summed E-state index contributed by atoms with van der Waals surface area (Å²) in [5.74, 6) is 1.11. The predicted molar refractivity (Wildman–Crippen MR) is 106 cm³/mol. The van der Waals surface area contributed by atoms with E-state index in [1.165, 1.54) is 5.56 Å². The smallest absolute Gasteiger partial charge is 0.410 e. The molecule has 0 spiro atoms. The van der Waals surface area contributed by atoms with E-state index in [0.717, 1.165) is 44.7 Å². The summed E-state index contributed by atoms with van der Waals surface area (Å²) in [5.41, 5.74) is 0.910. The van der Waals surface area contributed by atoms with Gasteiger partial charge in [-0.05, 0) is 32.4 Å². The Bertz CT molecular complexity index is 643. The molecule has 0 aromatic heterocycles. The normalized spacial score (nSPS) is 19.5. The van der Waals surface area contributed by atoms with Crippen LogP contribution in [0, 0.1) is 0 Å². The fourth-order valence-corrected chi connectivity index (χ4v) is 3.48. The van der Waals surface area contributed by atoms with Crippen LogP contribution in [0.15, 0.2) is 42.2 Å². The van der Waals surface area contributed by atoms with Gasteiger partial charge in [0.15, 0.2) is 0 Å². The predicted octanol–water partition coefficient (Wildman–Crippen LogP) is 4.19. The molecule has 0 atom stereocenters. The molecule has 27 heavy (non-hydrogen) atoms. The Morgan fingerprint density at radius 1 is 1.11 bits per heavy atom. The van der Waals surface area contributed by atoms with Gasteiger partial charge in [0, 0.05) is 52.0 Å². The molecule has 0 N–H and O–H groups in total. The summed E-state index contributed by atoms with van der Waals surface area (Å²) in [6.07, 6.45) is 4.89. The lowest BCUT2D eigenvalue weighted by atomic mass is 10.1. The van der Waals surface area contributed by atoms with Gasteiger partial charge in [-0.2, -0.15) is 0 Å². The quantitative estimate of drug-likeness (QED) is 0.795. The van der Waals surface area contributed by atoms with Gasteiger partial charge in [-0.25, -0.2) is 4.79 Å². The number of amides is 1. The van der Waals surface area contributed by atoms with E-state index in [1.807, 2.05) is 20.8 Å². The van der Waals surface area contributed by atoms with Gasteiger partial charge in [-0.3, -0.25) is 4.90 Å². The minimum absolute atomic E-state index is 0.204. The highest BCUT2D eigenvalue weighted by atomic mass is 16.6. The van der Waals surface area contributed by atoms with Crippen molar-refractivity contribution in [2.75, 3.05) is 26.2 Å². The van der Waals surface area contributed by atoms with Crippen LogP contribution in [0.2, 0.25) is 0 Å². The van der Waals surface area contributed by atoms with E-state index in [2.05, 4.69) is 41.3 Å². The molecule has 0 unspecified atom stereocenters. The maximum atomic E-state index is 12.1. The van der Waals surface area contributed by atoms with Crippen LogP contribution in [0.1, 0.15) is 45.6 Å². The Morgan fingerprint density at radius 3 is 2.41 bits per heavy atom. The minimum atomic E-state index is -0.442. The molecular weight excluding hydrogens is 340 g/mol. The second-order valence-electron chi connectivity index (χ2n) is 8.43. The van der Waals surface area contributed by atoms with Crippen molar-refractivity contribution >= 4 is 6.09 Å². The molecule has 1 amide bonds. The zero-order chi connectivity index (χ0) is 19.3. The maximum Gasteiger partial charge on any atom is 0.410 e. The van der Waals surface area contributed by atoms with Crippen LogP contribution >= 0.6 is 0 Å². The molecule has 1 aromatic rings. The van der Waals surface area contributed by atoms with Gasteiger partial charge >= 0.3 is 6.09 Å². The second kappa shape index (κ2) is 8.79. The molecule has 5 heteroatoms. The molecular formula is C22H32N2O3. The van der Waals surface area contributed by atoms with Crippen LogP contribution in [0.25, 0.3) is 0 Å². The van der Waals surface area contributed by atoms with Gasteiger partial charge in [0.2, 0.25) is 0 Å². The number of nitrogens with zero attached hydrogens (tertiary/aromatic N) is 2. The number of ether oxygens (including phenoxy) is 2. The van der Waals surface area contributed by atoms with E-state index in [9.17, 15) is 4.79 Å². The van der Waals surface area contributed by atoms with Crippen molar-refractivity contribution in [3.63, 3.8) is 0 Å². The number of hydrogen-bond acceptors (Lipinski definition) is 4. The maximum absolute atomic E-state index is 12.1. The van der Waals surface area contributed by atoms with Crippen LogP contribution in [0.5, 0.6) is 0 Å². The van der Waals surface area contributed by atoms with E-state index in [-0.39, 0.29) is 12.2 Å². The lowest BCUT2D eigenvalue weighted by Crippen LogP contribution is -2.43.